The van der Waals surface area contributed by atoms with Crippen LogP contribution in [0.2, 0.25) is 0 Å². The number of aliphatic hydroxyl groups is 1. The van der Waals surface area contributed by atoms with Crippen molar-refractivity contribution in [3.63, 3.8) is 0 Å². The van der Waals surface area contributed by atoms with Crippen LogP contribution in [0, 0.1) is 6.92 Å². The standard InChI is InChI=1S/C16H17NO3/c1-12-3-2-4-15(9-12)20-11-16(19)17-14-7-5-13(10-18)6-8-14/h2-9,18H,10-11H2,1H3,(H,17,19). The highest BCUT2D eigenvalue weighted by Crippen LogP contribution is 2.13. The lowest BCUT2D eigenvalue weighted by Gasteiger charge is -2.08. The number of ether oxygens (including phenoxy) is 1. The number of hydrogen-bond donors (Lipinski definition) is 2. The second-order valence-corrected chi connectivity index (χ2v) is 4.51. The Balaban J connectivity index is 1.85. The molecule has 2 aromatic carbocycles. The number of aliphatic hydroxyl groups excluding tert-OH is 1. The van der Waals surface area contributed by atoms with Crippen molar-refractivity contribution in [1.29, 1.82) is 0 Å². The number of anilines is 1. The zero-order valence-electron chi connectivity index (χ0n) is 11.3. The van der Waals surface area contributed by atoms with Crippen LogP contribution in [0.15, 0.2) is 48.5 Å². The minimum atomic E-state index is -0.219. The van der Waals surface area contributed by atoms with Gasteiger partial charge in [0.05, 0.1) is 6.61 Å². The fourth-order valence-electron chi connectivity index (χ4n) is 1.74. The molecular formula is C16H17NO3. The molecule has 2 aromatic rings. The van der Waals surface area contributed by atoms with Gasteiger partial charge in [0.25, 0.3) is 5.91 Å². The summed E-state index contributed by atoms with van der Waals surface area (Å²) in [6.07, 6.45) is 0. The summed E-state index contributed by atoms with van der Waals surface area (Å²) in [6, 6.07) is 14.6. The summed E-state index contributed by atoms with van der Waals surface area (Å²) in [6.45, 7) is 1.92. The summed E-state index contributed by atoms with van der Waals surface area (Å²) in [4.78, 5) is 11.7. The molecule has 0 bridgehead atoms. The Morgan fingerprint density at radius 3 is 2.60 bits per heavy atom. The lowest BCUT2D eigenvalue weighted by molar-refractivity contribution is -0.118. The van der Waals surface area contributed by atoms with E-state index in [1.807, 2.05) is 31.2 Å². The van der Waals surface area contributed by atoms with E-state index < -0.39 is 0 Å². The molecule has 0 aliphatic rings. The number of benzene rings is 2. The molecule has 0 saturated heterocycles. The predicted octanol–water partition coefficient (Wildman–Crippen LogP) is 2.50. The molecule has 0 unspecified atom stereocenters. The maximum Gasteiger partial charge on any atom is 0.262 e. The van der Waals surface area contributed by atoms with Crippen LogP contribution in [0.25, 0.3) is 0 Å². The SMILES string of the molecule is Cc1cccc(OCC(=O)Nc2ccc(CO)cc2)c1. The third-order valence-electron chi connectivity index (χ3n) is 2.78. The Hall–Kier alpha value is -2.33. The highest BCUT2D eigenvalue weighted by Gasteiger charge is 2.04. The van der Waals surface area contributed by atoms with E-state index in [0.29, 0.717) is 11.4 Å². The van der Waals surface area contributed by atoms with Gasteiger partial charge in [-0.25, -0.2) is 0 Å². The smallest absolute Gasteiger partial charge is 0.262 e. The minimum Gasteiger partial charge on any atom is -0.484 e. The average Bonchev–Trinajstić information content (AvgIpc) is 2.46. The van der Waals surface area contributed by atoms with Crippen molar-refractivity contribution in [2.24, 2.45) is 0 Å². The summed E-state index contributed by atoms with van der Waals surface area (Å²) in [7, 11) is 0. The molecular weight excluding hydrogens is 254 g/mol. The van der Waals surface area contributed by atoms with Crippen LogP contribution in [-0.2, 0) is 11.4 Å². The molecule has 2 N–H and O–H groups in total. The van der Waals surface area contributed by atoms with E-state index >= 15 is 0 Å². The van der Waals surface area contributed by atoms with Gasteiger partial charge in [0.2, 0.25) is 0 Å². The number of rotatable bonds is 5. The second-order valence-electron chi connectivity index (χ2n) is 4.51. The number of nitrogens with one attached hydrogen (secondary N) is 1. The summed E-state index contributed by atoms with van der Waals surface area (Å²) >= 11 is 0. The Morgan fingerprint density at radius 1 is 1.20 bits per heavy atom. The van der Waals surface area contributed by atoms with Crippen LogP contribution >= 0.6 is 0 Å². The number of carbonyl (C=O) groups excluding carboxylic acids is 1. The molecule has 0 fully saturated rings. The molecule has 0 aliphatic heterocycles. The van der Waals surface area contributed by atoms with Crippen molar-refractivity contribution in [2.45, 2.75) is 13.5 Å². The fourth-order valence-corrected chi connectivity index (χ4v) is 1.74. The monoisotopic (exact) mass is 271 g/mol. The number of carbonyl (C=O) groups is 1. The summed E-state index contributed by atoms with van der Waals surface area (Å²) in [5.74, 6) is 0.457. The van der Waals surface area contributed by atoms with Crippen LogP contribution in [0.4, 0.5) is 5.69 Å². The van der Waals surface area contributed by atoms with E-state index in [2.05, 4.69) is 5.32 Å². The van der Waals surface area contributed by atoms with E-state index in [9.17, 15) is 4.79 Å². The largest absolute Gasteiger partial charge is 0.484 e. The lowest BCUT2D eigenvalue weighted by Crippen LogP contribution is -2.20. The number of amides is 1. The maximum absolute atomic E-state index is 11.7. The molecule has 0 saturated carbocycles. The molecule has 0 aromatic heterocycles. The molecule has 0 spiro atoms. The third kappa shape index (κ3) is 4.10. The molecule has 0 heterocycles. The van der Waals surface area contributed by atoms with Gasteiger partial charge in [0.15, 0.2) is 6.61 Å². The third-order valence-corrected chi connectivity index (χ3v) is 2.78. The van der Waals surface area contributed by atoms with Crippen molar-refractivity contribution in [3.05, 3.63) is 59.7 Å². The van der Waals surface area contributed by atoms with E-state index in [-0.39, 0.29) is 19.1 Å². The molecule has 4 heteroatoms. The van der Waals surface area contributed by atoms with Crippen LogP contribution in [0.1, 0.15) is 11.1 Å². The highest BCUT2D eigenvalue weighted by molar-refractivity contribution is 5.91. The van der Waals surface area contributed by atoms with Crippen molar-refractivity contribution in [3.8, 4) is 5.75 Å². The summed E-state index contributed by atoms with van der Waals surface area (Å²) in [5, 5.41) is 11.7. The number of aryl methyl sites for hydroxylation is 1. The van der Waals surface area contributed by atoms with Gasteiger partial charge in [0, 0.05) is 5.69 Å². The molecule has 0 atom stereocenters. The van der Waals surface area contributed by atoms with E-state index in [1.165, 1.54) is 0 Å². The zero-order chi connectivity index (χ0) is 14.4. The Labute approximate surface area is 118 Å². The van der Waals surface area contributed by atoms with Gasteiger partial charge >= 0.3 is 0 Å². The molecule has 20 heavy (non-hydrogen) atoms. The first-order valence-corrected chi connectivity index (χ1v) is 6.36. The molecule has 4 nitrogen and oxygen atoms in total. The van der Waals surface area contributed by atoms with Crippen LogP contribution in [0.3, 0.4) is 0 Å². The van der Waals surface area contributed by atoms with E-state index in [0.717, 1.165) is 11.1 Å². The van der Waals surface area contributed by atoms with Crippen molar-refractivity contribution in [2.75, 3.05) is 11.9 Å². The Kier molecular flexibility index (Phi) is 4.74. The quantitative estimate of drug-likeness (QED) is 0.878. The van der Waals surface area contributed by atoms with Crippen molar-refractivity contribution >= 4 is 11.6 Å². The fraction of sp³-hybridized carbons (Fsp3) is 0.188. The molecule has 104 valence electrons. The van der Waals surface area contributed by atoms with Gasteiger partial charge in [-0.1, -0.05) is 24.3 Å². The van der Waals surface area contributed by atoms with Crippen LogP contribution in [-0.4, -0.2) is 17.6 Å². The van der Waals surface area contributed by atoms with Crippen LogP contribution in [0.5, 0.6) is 5.75 Å². The van der Waals surface area contributed by atoms with Crippen molar-refractivity contribution < 1.29 is 14.6 Å². The molecule has 1 amide bonds. The minimum absolute atomic E-state index is 0.00923. The lowest BCUT2D eigenvalue weighted by atomic mass is 10.2. The topological polar surface area (TPSA) is 58.6 Å². The highest BCUT2D eigenvalue weighted by atomic mass is 16.5. The van der Waals surface area contributed by atoms with E-state index in [4.69, 9.17) is 9.84 Å². The van der Waals surface area contributed by atoms with Crippen molar-refractivity contribution in [1.82, 2.24) is 0 Å². The predicted molar refractivity (Wildman–Crippen MR) is 77.7 cm³/mol. The summed E-state index contributed by atoms with van der Waals surface area (Å²) in [5.41, 5.74) is 2.57. The van der Waals surface area contributed by atoms with Crippen LogP contribution < -0.4 is 10.1 Å². The average molecular weight is 271 g/mol. The number of hydrogen-bond acceptors (Lipinski definition) is 3. The van der Waals surface area contributed by atoms with E-state index in [1.54, 1.807) is 24.3 Å². The first-order valence-electron chi connectivity index (χ1n) is 6.36. The first kappa shape index (κ1) is 14.1. The first-order chi connectivity index (χ1) is 9.67. The Morgan fingerprint density at radius 2 is 1.95 bits per heavy atom. The maximum atomic E-state index is 11.7. The molecule has 0 radical (unpaired) electrons. The van der Waals surface area contributed by atoms with Gasteiger partial charge in [0.1, 0.15) is 5.75 Å². The second kappa shape index (κ2) is 6.73. The molecule has 0 aliphatic carbocycles. The van der Waals surface area contributed by atoms with Gasteiger partial charge in [-0.15, -0.1) is 0 Å². The summed E-state index contributed by atoms with van der Waals surface area (Å²) < 4.78 is 5.41. The van der Waals surface area contributed by atoms with Gasteiger partial charge in [-0.05, 0) is 42.3 Å². The van der Waals surface area contributed by atoms with Gasteiger partial charge in [-0.2, -0.15) is 0 Å². The zero-order valence-corrected chi connectivity index (χ0v) is 11.3. The molecule has 2 rings (SSSR count). The normalized spacial score (nSPS) is 10.1. The Bertz CT molecular complexity index is 579. The van der Waals surface area contributed by atoms with Gasteiger partial charge < -0.3 is 15.2 Å². The van der Waals surface area contributed by atoms with Gasteiger partial charge in [-0.3, -0.25) is 4.79 Å².